The molecule has 1 heterocycles. The number of carbonyl (C=O) groups is 1. The lowest BCUT2D eigenvalue weighted by Gasteiger charge is -2.22. The number of rotatable bonds is 7. The molecule has 0 spiro atoms. The van der Waals surface area contributed by atoms with E-state index in [9.17, 15) is 9.59 Å². The highest BCUT2D eigenvalue weighted by molar-refractivity contribution is 8.00. The molecule has 4 rings (SSSR count). The molecule has 0 aliphatic rings. The van der Waals surface area contributed by atoms with Gasteiger partial charge in [-0.2, -0.15) is 0 Å². The van der Waals surface area contributed by atoms with E-state index < -0.39 is 5.25 Å². The molecule has 0 unspecified atom stereocenters. The lowest BCUT2D eigenvalue weighted by Crippen LogP contribution is -2.34. The van der Waals surface area contributed by atoms with Crippen LogP contribution in [0, 0.1) is 0 Å². The lowest BCUT2D eigenvalue weighted by molar-refractivity contribution is -0.117. The highest BCUT2D eigenvalue weighted by atomic mass is 32.2. The number of thioether (sulfide) groups is 1. The second-order valence-corrected chi connectivity index (χ2v) is 8.89. The molecule has 4 aromatic rings. The molecule has 0 bridgehead atoms. The molecule has 1 atom stereocenters. The van der Waals surface area contributed by atoms with Crippen LogP contribution in [-0.2, 0) is 4.79 Å². The summed E-state index contributed by atoms with van der Waals surface area (Å²) in [5.41, 5.74) is 1.59. The first kappa shape index (κ1) is 23.4. The number of nitrogens with zero attached hydrogens (tertiary/aromatic N) is 3. The summed E-state index contributed by atoms with van der Waals surface area (Å²) in [4.78, 5) is 33.2. The molecule has 1 amide bonds. The predicted molar refractivity (Wildman–Crippen MR) is 136 cm³/mol. The quantitative estimate of drug-likeness (QED) is 0.289. The lowest BCUT2D eigenvalue weighted by atomic mass is 10.2. The summed E-state index contributed by atoms with van der Waals surface area (Å²) >= 11 is 1.22. The number of carbonyl (C=O) groups excluding carboxylic acids is 1. The van der Waals surface area contributed by atoms with Gasteiger partial charge in [-0.1, -0.05) is 42.1 Å². The van der Waals surface area contributed by atoms with Crippen LogP contribution >= 0.6 is 11.8 Å². The number of methoxy groups -OCH3 is 2. The molecule has 3 aromatic carbocycles. The number of anilines is 1. The molecule has 0 aliphatic heterocycles. The van der Waals surface area contributed by atoms with Crippen molar-refractivity contribution in [2.24, 2.45) is 0 Å². The minimum Gasteiger partial charge on any atom is -0.497 e. The number of benzene rings is 3. The van der Waals surface area contributed by atoms with Gasteiger partial charge in [0.15, 0.2) is 5.16 Å². The van der Waals surface area contributed by atoms with Crippen molar-refractivity contribution in [1.29, 1.82) is 0 Å². The molecule has 1 aromatic heterocycles. The van der Waals surface area contributed by atoms with Crippen LogP contribution in [0.5, 0.6) is 11.5 Å². The summed E-state index contributed by atoms with van der Waals surface area (Å²) in [6.45, 7) is 1.81. The number of fused-ring (bicyclic) bond motifs is 1. The van der Waals surface area contributed by atoms with Crippen molar-refractivity contribution in [3.63, 3.8) is 0 Å². The van der Waals surface area contributed by atoms with Crippen LogP contribution in [0.25, 0.3) is 16.6 Å². The fraction of sp³-hybridized carbons (Fsp3) is 0.192. The summed E-state index contributed by atoms with van der Waals surface area (Å²) in [5.74, 6) is 0.949. The molecule has 0 saturated carbocycles. The number of ether oxygens (including phenoxy) is 2. The Kier molecular flexibility index (Phi) is 6.88. The van der Waals surface area contributed by atoms with E-state index in [1.165, 1.54) is 16.3 Å². The summed E-state index contributed by atoms with van der Waals surface area (Å²) in [7, 11) is 4.84. The maximum absolute atomic E-state index is 13.6. The van der Waals surface area contributed by atoms with Crippen LogP contribution in [0.15, 0.2) is 82.7 Å². The molecule has 0 radical (unpaired) electrons. The summed E-state index contributed by atoms with van der Waals surface area (Å²) in [6, 6.07) is 21.8. The largest absolute Gasteiger partial charge is 0.497 e. The van der Waals surface area contributed by atoms with Crippen molar-refractivity contribution in [2.75, 3.05) is 26.2 Å². The van der Waals surface area contributed by atoms with Gasteiger partial charge in [0.05, 0.1) is 36.1 Å². The number of hydrogen-bond donors (Lipinski definition) is 0. The Labute approximate surface area is 201 Å². The van der Waals surface area contributed by atoms with Gasteiger partial charge in [-0.3, -0.25) is 14.2 Å². The molecular formula is C26H25N3O4S. The van der Waals surface area contributed by atoms with Crippen LogP contribution in [0.4, 0.5) is 5.69 Å². The van der Waals surface area contributed by atoms with Gasteiger partial charge in [0.2, 0.25) is 5.91 Å². The van der Waals surface area contributed by atoms with Gasteiger partial charge in [0, 0.05) is 18.8 Å². The molecule has 34 heavy (non-hydrogen) atoms. The Bertz CT molecular complexity index is 1390. The van der Waals surface area contributed by atoms with Gasteiger partial charge in [0.1, 0.15) is 11.5 Å². The fourth-order valence-electron chi connectivity index (χ4n) is 3.64. The average molecular weight is 476 g/mol. The zero-order valence-electron chi connectivity index (χ0n) is 19.4. The zero-order chi connectivity index (χ0) is 24.2. The predicted octanol–water partition coefficient (Wildman–Crippen LogP) is 4.55. The summed E-state index contributed by atoms with van der Waals surface area (Å²) in [5, 5.41) is 0.343. The van der Waals surface area contributed by atoms with E-state index in [0.717, 1.165) is 5.69 Å². The van der Waals surface area contributed by atoms with E-state index in [0.29, 0.717) is 33.2 Å². The molecule has 0 aliphatic carbocycles. The minimum absolute atomic E-state index is 0.109. The Morgan fingerprint density at radius 3 is 2.41 bits per heavy atom. The van der Waals surface area contributed by atoms with E-state index in [1.807, 2.05) is 36.4 Å². The van der Waals surface area contributed by atoms with Crippen LogP contribution < -0.4 is 19.9 Å². The van der Waals surface area contributed by atoms with E-state index in [4.69, 9.17) is 14.5 Å². The second kappa shape index (κ2) is 10.0. The third-order valence-electron chi connectivity index (χ3n) is 5.48. The van der Waals surface area contributed by atoms with E-state index in [1.54, 1.807) is 69.5 Å². The van der Waals surface area contributed by atoms with Gasteiger partial charge >= 0.3 is 0 Å². The van der Waals surface area contributed by atoms with Crippen molar-refractivity contribution < 1.29 is 14.3 Å². The molecule has 0 N–H and O–H groups in total. The van der Waals surface area contributed by atoms with E-state index in [2.05, 4.69) is 0 Å². The van der Waals surface area contributed by atoms with Crippen molar-refractivity contribution in [3.05, 3.63) is 83.2 Å². The van der Waals surface area contributed by atoms with Crippen molar-refractivity contribution >= 4 is 34.3 Å². The Morgan fingerprint density at radius 2 is 1.71 bits per heavy atom. The molecule has 0 saturated heterocycles. The normalized spacial score (nSPS) is 11.8. The monoisotopic (exact) mass is 475 g/mol. The topological polar surface area (TPSA) is 73.7 Å². The maximum atomic E-state index is 13.6. The first-order chi connectivity index (χ1) is 16.4. The minimum atomic E-state index is -0.513. The zero-order valence-corrected chi connectivity index (χ0v) is 20.2. The molecule has 8 heteroatoms. The van der Waals surface area contributed by atoms with Gasteiger partial charge in [0.25, 0.3) is 5.56 Å². The van der Waals surface area contributed by atoms with Crippen LogP contribution in [-0.4, -0.2) is 42.0 Å². The van der Waals surface area contributed by atoms with Crippen molar-refractivity contribution in [3.8, 4) is 17.2 Å². The Balaban J connectivity index is 1.83. The third-order valence-corrected chi connectivity index (χ3v) is 6.52. The highest BCUT2D eigenvalue weighted by Crippen LogP contribution is 2.32. The van der Waals surface area contributed by atoms with E-state index in [-0.39, 0.29) is 11.5 Å². The number of amides is 1. The van der Waals surface area contributed by atoms with Crippen molar-refractivity contribution in [1.82, 2.24) is 9.55 Å². The van der Waals surface area contributed by atoms with Gasteiger partial charge in [-0.25, -0.2) is 4.98 Å². The second-order valence-electron chi connectivity index (χ2n) is 7.58. The Morgan fingerprint density at radius 1 is 1.00 bits per heavy atom. The van der Waals surface area contributed by atoms with Gasteiger partial charge < -0.3 is 14.4 Å². The molecular weight excluding hydrogens is 450 g/mol. The first-order valence-electron chi connectivity index (χ1n) is 10.7. The summed E-state index contributed by atoms with van der Waals surface area (Å²) < 4.78 is 12.4. The molecule has 0 fully saturated rings. The Hall–Kier alpha value is -3.78. The first-order valence-corrected chi connectivity index (χ1v) is 11.6. The number of hydrogen-bond acceptors (Lipinski definition) is 6. The SMILES string of the molecule is COc1ccc(OC)c(-n2c(S[C@H](C)C(=O)N(C)c3ccccc3)nc3ccccc3c2=O)c1. The molecule has 7 nitrogen and oxygen atoms in total. The maximum Gasteiger partial charge on any atom is 0.266 e. The number of aromatic nitrogens is 2. The van der Waals surface area contributed by atoms with Crippen molar-refractivity contribution in [2.45, 2.75) is 17.3 Å². The van der Waals surface area contributed by atoms with E-state index >= 15 is 0 Å². The van der Waals surface area contributed by atoms with Gasteiger partial charge in [-0.15, -0.1) is 0 Å². The van der Waals surface area contributed by atoms with Crippen LogP contribution in [0.3, 0.4) is 0 Å². The smallest absolute Gasteiger partial charge is 0.266 e. The molecule has 174 valence electrons. The van der Waals surface area contributed by atoms with Gasteiger partial charge in [-0.05, 0) is 43.3 Å². The fourth-order valence-corrected chi connectivity index (χ4v) is 4.65. The summed E-state index contributed by atoms with van der Waals surface area (Å²) in [6.07, 6.45) is 0. The average Bonchev–Trinajstić information content (AvgIpc) is 2.88. The van der Waals surface area contributed by atoms with Crippen LogP contribution in [0.1, 0.15) is 6.92 Å². The van der Waals surface area contributed by atoms with Crippen LogP contribution in [0.2, 0.25) is 0 Å². The third kappa shape index (κ3) is 4.49. The number of para-hydroxylation sites is 2. The standard InChI is InChI=1S/C26H25N3O4S/c1-17(24(30)28(2)18-10-6-5-7-11-18)34-26-27-21-13-9-8-12-20(21)25(31)29(26)22-16-19(32-3)14-15-23(22)33-4/h5-17H,1-4H3/t17-/m1/s1. The highest BCUT2D eigenvalue weighted by Gasteiger charge is 2.24.